The molecule has 2 aromatic rings. The first-order valence-electron chi connectivity index (χ1n) is 5.06. The van der Waals surface area contributed by atoms with Crippen LogP contribution in [-0.4, -0.2) is 29.7 Å². The number of hydrogen-bond acceptors (Lipinski definition) is 4. The third-order valence-electron chi connectivity index (χ3n) is 2.29. The van der Waals surface area contributed by atoms with Crippen molar-refractivity contribution in [2.24, 2.45) is 0 Å². The summed E-state index contributed by atoms with van der Waals surface area (Å²) < 4.78 is 26.6. The predicted octanol–water partition coefficient (Wildman–Crippen LogP) is 2.32. The molecule has 3 N–H and O–H groups in total. The van der Waals surface area contributed by atoms with Gasteiger partial charge in [0.2, 0.25) is 0 Å². The number of aromatic amines is 1. The zero-order valence-electron chi connectivity index (χ0n) is 9.59. The maximum absolute atomic E-state index is 12.1. The number of carboxylic acid groups (broad SMARTS) is 1. The summed E-state index contributed by atoms with van der Waals surface area (Å²) in [6.45, 7) is 0. The molecule has 0 amide bonds. The second kappa shape index (κ2) is 5.43. The lowest BCUT2D eigenvalue weighted by molar-refractivity contribution is 0.0696. The maximum atomic E-state index is 12.1. The minimum atomic E-state index is -3.95. The molecular weight excluding hydrogens is 374 g/mol. The number of aromatic nitrogens is 2. The molecule has 0 spiro atoms. The van der Waals surface area contributed by atoms with Crippen LogP contribution in [0.1, 0.15) is 10.4 Å². The van der Waals surface area contributed by atoms with Gasteiger partial charge in [-0.3, -0.25) is 9.82 Å². The Hall–Kier alpha value is -1.58. The molecule has 1 aromatic heterocycles. The van der Waals surface area contributed by atoms with E-state index in [1.54, 1.807) is 0 Å². The summed E-state index contributed by atoms with van der Waals surface area (Å²) in [5, 5.41) is 15.0. The molecule has 0 atom stereocenters. The van der Waals surface area contributed by atoms with Crippen molar-refractivity contribution in [3.05, 3.63) is 39.5 Å². The Morgan fingerprint density at radius 2 is 2.15 bits per heavy atom. The summed E-state index contributed by atoms with van der Waals surface area (Å²) >= 11 is 8.82. The molecular formula is C10H7BrClN3O4S. The van der Waals surface area contributed by atoms with Crippen molar-refractivity contribution in [2.45, 2.75) is 4.90 Å². The van der Waals surface area contributed by atoms with Gasteiger partial charge in [-0.05, 0) is 28.1 Å². The van der Waals surface area contributed by atoms with Crippen LogP contribution in [0.15, 0.2) is 33.8 Å². The number of aromatic carboxylic acids is 1. The van der Waals surface area contributed by atoms with Crippen molar-refractivity contribution in [1.29, 1.82) is 0 Å². The molecule has 1 aromatic carbocycles. The van der Waals surface area contributed by atoms with Crippen LogP contribution < -0.4 is 4.72 Å². The molecule has 0 saturated heterocycles. The highest BCUT2D eigenvalue weighted by molar-refractivity contribution is 9.10. The molecule has 0 aliphatic rings. The topological polar surface area (TPSA) is 112 Å². The van der Waals surface area contributed by atoms with Crippen molar-refractivity contribution >= 4 is 49.3 Å². The third kappa shape index (κ3) is 2.94. The van der Waals surface area contributed by atoms with Gasteiger partial charge in [-0.2, -0.15) is 5.10 Å². The minimum Gasteiger partial charge on any atom is -0.478 e. The first kappa shape index (κ1) is 14.8. The number of nitrogens with one attached hydrogen (secondary N) is 2. The fourth-order valence-electron chi connectivity index (χ4n) is 1.39. The third-order valence-corrected chi connectivity index (χ3v) is 4.89. The second-order valence-corrected chi connectivity index (χ2v) is 6.56. The van der Waals surface area contributed by atoms with Crippen LogP contribution in [0.25, 0.3) is 0 Å². The van der Waals surface area contributed by atoms with Crippen molar-refractivity contribution in [3.8, 4) is 0 Å². The van der Waals surface area contributed by atoms with Crippen LogP contribution in [0.4, 0.5) is 5.82 Å². The largest absolute Gasteiger partial charge is 0.478 e. The zero-order chi connectivity index (χ0) is 14.9. The van der Waals surface area contributed by atoms with E-state index in [4.69, 9.17) is 16.7 Å². The predicted molar refractivity (Wildman–Crippen MR) is 75.5 cm³/mol. The van der Waals surface area contributed by atoms with Gasteiger partial charge in [0.25, 0.3) is 10.0 Å². The Labute approximate surface area is 127 Å². The number of halogens is 2. The number of H-pyrrole nitrogens is 1. The number of carbonyl (C=O) groups is 1. The Kier molecular flexibility index (Phi) is 4.02. The highest BCUT2D eigenvalue weighted by Crippen LogP contribution is 2.30. The summed E-state index contributed by atoms with van der Waals surface area (Å²) in [7, 11) is -3.95. The highest BCUT2D eigenvalue weighted by Gasteiger charge is 2.21. The number of sulfonamides is 1. The van der Waals surface area contributed by atoms with Crippen molar-refractivity contribution in [1.82, 2.24) is 10.2 Å². The van der Waals surface area contributed by atoms with Gasteiger partial charge in [-0.25, -0.2) is 13.2 Å². The smallest absolute Gasteiger partial charge is 0.337 e. The fourth-order valence-corrected chi connectivity index (χ4v) is 3.26. The van der Waals surface area contributed by atoms with Crippen LogP contribution in [0.2, 0.25) is 5.02 Å². The molecule has 10 heteroatoms. The summed E-state index contributed by atoms with van der Waals surface area (Å²) in [6, 6.07) is 3.61. The van der Waals surface area contributed by atoms with Gasteiger partial charge in [0.15, 0.2) is 0 Å². The summed E-state index contributed by atoms with van der Waals surface area (Å²) in [6.07, 6.45) is 1.37. The first-order chi connectivity index (χ1) is 9.31. The molecule has 2 rings (SSSR count). The number of nitrogens with zero attached hydrogens (tertiary/aromatic N) is 1. The van der Waals surface area contributed by atoms with Crippen molar-refractivity contribution in [3.63, 3.8) is 0 Å². The molecule has 0 radical (unpaired) electrons. The van der Waals surface area contributed by atoms with Gasteiger partial charge < -0.3 is 5.11 Å². The number of anilines is 1. The van der Waals surface area contributed by atoms with E-state index in [0.29, 0.717) is 0 Å². The minimum absolute atomic E-state index is 0.0713. The van der Waals surface area contributed by atoms with E-state index < -0.39 is 16.0 Å². The number of rotatable bonds is 4. The van der Waals surface area contributed by atoms with Crippen LogP contribution in [-0.2, 0) is 10.0 Å². The van der Waals surface area contributed by atoms with E-state index in [0.717, 1.165) is 6.07 Å². The quantitative estimate of drug-likeness (QED) is 0.753. The first-order valence-corrected chi connectivity index (χ1v) is 7.71. The van der Waals surface area contributed by atoms with Gasteiger partial charge in [0.1, 0.15) is 5.82 Å². The number of hydrogen-bond donors (Lipinski definition) is 3. The maximum Gasteiger partial charge on any atom is 0.337 e. The highest BCUT2D eigenvalue weighted by atomic mass is 79.9. The van der Waals surface area contributed by atoms with E-state index in [1.807, 2.05) is 0 Å². The normalized spacial score (nSPS) is 11.3. The van der Waals surface area contributed by atoms with Gasteiger partial charge in [-0.1, -0.05) is 11.6 Å². The molecule has 106 valence electrons. The monoisotopic (exact) mass is 379 g/mol. The lowest BCUT2D eigenvalue weighted by atomic mass is 10.2. The van der Waals surface area contributed by atoms with Crippen LogP contribution in [0.5, 0.6) is 0 Å². The Morgan fingerprint density at radius 3 is 2.70 bits per heavy atom. The Balaban J connectivity index is 2.49. The molecule has 0 aliphatic carbocycles. The van der Waals surface area contributed by atoms with Gasteiger partial charge in [-0.15, -0.1) is 0 Å². The summed E-state index contributed by atoms with van der Waals surface area (Å²) in [5.74, 6) is -1.16. The number of benzene rings is 1. The SMILES string of the molecule is O=C(O)c1cc(S(=O)(=O)Nc2ccn[nH]2)cc(Br)c1Cl. The summed E-state index contributed by atoms with van der Waals surface area (Å²) in [5.41, 5.74) is -0.314. The van der Waals surface area contributed by atoms with Crippen LogP contribution in [0.3, 0.4) is 0 Å². The van der Waals surface area contributed by atoms with Crippen LogP contribution >= 0.6 is 27.5 Å². The molecule has 0 saturated carbocycles. The van der Waals surface area contributed by atoms with Gasteiger partial charge >= 0.3 is 5.97 Å². The van der Waals surface area contributed by atoms with Gasteiger partial charge in [0.05, 0.1) is 21.7 Å². The average Bonchev–Trinajstić information content (AvgIpc) is 2.83. The lowest BCUT2D eigenvalue weighted by Gasteiger charge is -2.09. The zero-order valence-corrected chi connectivity index (χ0v) is 12.8. The van der Waals surface area contributed by atoms with Crippen molar-refractivity contribution in [2.75, 3.05) is 4.72 Å². The molecule has 0 aliphatic heterocycles. The molecule has 20 heavy (non-hydrogen) atoms. The van der Waals surface area contributed by atoms with E-state index >= 15 is 0 Å². The van der Waals surface area contributed by atoms with Gasteiger partial charge in [0, 0.05) is 10.5 Å². The average molecular weight is 381 g/mol. The fraction of sp³-hybridized carbons (Fsp3) is 0. The molecule has 0 unspecified atom stereocenters. The second-order valence-electron chi connectivity index (χ2n) is 3.65. The van der Waals surface area contributed by atoms with E-state index in [-0.39, 0.29) is 25.8 Å². The molecule has 0 bridgehead atoms. The Morgan fingerprint density at radius 1 is 1.45 bits per heavy atom. The van der Waals surface area contributed by atoms with E-state index in [9.17, 15) is 13.2 Å². The molecule has 0 fully saturated rings. The lowest BCUT2D eigenvalue weighted by Crippen LogP contribution is -2.14. The van der Waals surface area contributed by atoms with Crippen LogP contribution in [0, 0.1) is 0 Å². The standard InChI is InChI=1S/C10H7BrClN3O4S/c11-7-4-5(3-6(9(7)12)10(16)17)20(18,19)15-8-1-2-13-14-8/h1-4H,(H,16,17)(H2,13,14,15). The molecule has 7 nitrogen and oxygen atoms in total. The molecule has 1 heterocycles. The number of carboxylic acids is 1. The summed E-state index contributed by atoms with van der Waals surface area (Å²) in [4.78, 5) is 10.8. The van der Waals surface area contributed by atoms with E-state index in [1.165, 1.54) is 18.3 Å². The Bertz CT molecular complexity index is 761. The van der Waals surface area contributed by atoms with Crippen molar-refractivity contribution < 1.29 is 18.3 Å². The van der Waals surface area contributed by atoms with E-state index in [2.05, 4.69) is 30.8 Å².